The van der Waals surface area contributed by atoms with Gasteiger partial charge in [-0.05, 0) is 24.5 Å². The molecule has 0 aliphatic carbocycles. The Bertz CT molecular complexity index is 886. The van der Waals surface area contributed by atoms with Crippen molar-refractivity contribution >= 4 is 11.8 Å². The van der Waals surface area contributed by atoms with Crippen molar-refractivity contribution in [3.8, 4) is 0 Å². The number of nitrogens with one attached hydrogen (secondary N) is 1. The number of benzene rings is 1. The van der Waals surface area contributed by atoms with Gasteiger partial charge in [0.1, 0.15) is 5.69 Å². The Morgan fingerprint density at radius 2 is 2.00 bits per heavy atom. The number of hydrogen-bond donors (Lipinski definition) is 1. The second-order valence-corrected chi connectivity index (χ2v) is 8.08. The summed E-state index contributed by atoms with van der Waals surface area (Å²) in [6.07, 6.45) is 2.70. The molecule has 0 saturated carbocycles. The van der Waals surface area contributed by atoms with E-state index >= 15 is 0 Å². The molecule has 0 fully saturated rings. The van der Waals surface area contributed by atoms with E-state index < -0.39 is 0 Å². The van der Waals surface area contributed by atoms with Gasteiger partial charge in [-0.15, -0.1) is 0 Å². The van der Waals surface area contributed by atoms with Crippen LogP contribution in [0.5, 0.6) is 0 Å². The Balaban J connectivity index is 1.87. The van der Waals surface area contributed by atoms with Crippen LogP contribution in [0.1, 0.15) is 71.3 Å². The first-order chi connectivity index (χ1) is 15.6. The first-order valence-electron chi connectivity index (χ1n) is 11.5. The zero-order valence-electron chi connectivity index (χ0n) is 19.4. The summed E-state index contributed by atoms with van der Waals surface area (Å²) in [4.78, 5) is 28.5. The molecule has 7 heteroatoms. The fraction of sp³-hybridized carbons (Fsp3) is 0.520. The fourth-order valence-electron chi connectivity index (χ4n) is 4.07. The molecular weight excluding hydrogens is 406 g/mol. The van der Waals surface area contributed by atoms with Crippen molar-refractivity contribution in [2.75, 3.05) is 33.4 Å². The normalized spacial score (nSPS) is 14.0. The van der Waals surface area contributed by atoms with Crippen LogP contribution in [-0.4, -0.2) is 54.7 Å². The predicted molar refractivity (Wildman–Crippen MR) is 124 cm³/mol. The highest BCUT2D eigenvalue weighted by atomic mass is 16.5. The minimum atomic E-state index is -0.167. The molecule has 3 rings (SSSR count). The van der Waals surface area contributed by atoms with Crippen molar-refractivity contribution in [3.63, 3.8) is 0 Å². The van der Waals surface area contributed by atoms with Crippen LogP contribution in [0.3, 0.4) is 0 Å². The maximum atomic E-state index is 13.4. The van der Waals surface area contributed by atoms with Crippen LogP contribution in [0, 0.1) is 0 Å². The van der Waals surface area contributed by atoms with E-state index in [2.05, 4.69) is 19.2 Å². The molecule has 1 aliphatic heterocycles. The van der Waals surface area contributed by atoms with Gasteiger partial charge in [0.15, 0.2) is 0 Å². The van der Waals surface area contributed by atoms with Crippen molar-refractivity contribution in [3.05, 3.63) is 58.9 Å². The lowest BCUT2D eigenvalue weighted by Gasteiger charge is -2.24. The van der Waals surface area contributed by atoms with E-state index in [0.717, 1.165) is 30.5 Å². The number of unbranched alkanes of at least 4 members (excludes halogenated alkanes) is 1. The highest BCUT2D eigenvalue weighted by Gasteiger charge is 2.29. The average Bonchev–Trinajstić information content (AvgIpc) is 3.22. The molecule has 0 spiro atoms. The van der Waals surface area contributed by atoms with Crippen LogP contribution in [-0.2, 0) is 22.6 Å². The lowest BCUT2D eigenvalue weighted by atomic mass is 10.0. The van der Waals surface area contributed by atoms with Gasteiger partial charge < -0.3 is 24.3 Å². The van der Waals surface area contributed by atoms with Crippen molar-refractivity contribution < 1.29 is 19.1 Å². The molecule has 2 aromatic rings. The molecule has 1 aliphatic rings. The monoisotopic (exact) mass is 441 g/mol. The maximum Gasteiger partial charge on any atom is 0.268 e. The second-order valence-electron chi connectivity index (χ2n) is 8.08. The lowest BCUT2D eigenvalue weighted by molar-refractivity contribution is 0.0657. The summed E-state index contributed by atoms with van der Waals surface area (Å²) in [6, 6.07) is 11.6. The standard InChI is InChI=1S/C25H35N3O4/c1-4-6-12-27(13-15-31-3)25(30)20-17-22(28-14-16-32-18-23(20)28)24(29)26-21(5-2)19-10-8-7-9-11-19/h7-11,17,21H,4-6,12-16,18H2,1-3H3,(H,26,29)/t21-/m1/s1. The van der Waals surface area contributed by atoms with E-state index in [9.17, 15) is 9.59 Å². The summed E-state index contributed by atoms with van der Waals surface area (Å²) >= 11 is 0. The molecule has 32 heavy (non-hydrogen) atoms. The number of ether oxygens (including phenoxy) is 2. The van der Waals surface area contributed by atoms with Crippen LogP contribution in [0.25, 0.3) is 0 Å². The van der Waals surface area contributed by atoms with Gasteiger partial charge in [0.05, 0.1) is 37.1 Å². The molecule has 1 atom stereocenters. The number of methoxy groups -OCH3 is 1. The Kier molecular flexibility index (Phi) is 8.88. The Hall–Kier alpha value is -2.64. The number of carbonyl (C=O) groups is 2. The highest BCUT2D eigenvalue weighted by Crippen LogP contribution is 2.24. The fourth-order valence-corrected chi connectivity index (χ4v) is 4.07. The topological polar surface area (TPSA) is 72.8 Å². The van der Waals surface area contributed by atoms with Gasteiger partial charge in [0.2, 0.25) is 0 Å². The number of rotatable bonds is 11. The van der Waals surface area contributed by atoms with Gasteiger partial charge in [0, 0.05) is 26.7 Å². The van der Waals surface area contributed by atoms with Crippen molar-refractivity contribution in [2.45, 2.75) is 52.3 Å². The number of fused-ring (bicyclic) bond motifs is 1. The van der Waals surface area contributed by atoms with Crippen molar-refractivity contribution in [1.29, 1.82) is 0 Å². The van der Waals surface area contributed by atoms with Gasteiger partial charge in [-0.25, -0.2) is 0 Å². The molecule has 1 N–H and O–H groups in total. The number of hydrogen-bond acceptors (Lipinski definition) is 4. The molecule has 0 saturated heterocycles. The summed E-state index contributed by atoms with van der Waals surface area (Å²) in [7, 11) is 1.63. The van der Waals surface area contributed by atoms with Gasteiger partial charge in [-0.1, -0.05) is 50.6 Å². The van der Waals surface area contributed by atoms with E-state index in [4.69, 9.17) is 9.47 Å². The van der Waals surface area contributed by atoms with E-state index in [-0.39, 0.29) is 17.9 Å². The number of aromatic nitrogens is 1. The Morgan fingerprint density at radius 1 is 1.22 bits per heavy atom. The summed E-state index contributed by atoms with van der Waals surface area (Å²) in [6.45, 7) is 7.23. The van der Waals surface area contributed by atoms with E-state index in [0.29, 0.717) is 50.7 Å². The molecule has 174 valence electrons. The average molecular weight is 442 g/mol. The molecule has 2 amide bonds. The first kappa shape index (κ1) is 24.0. The largest absolute Gasteiger partial charge is 0.383 e. The number of nitrogens with zero attached hydrogens (tertiary/aromatic N) is 2. The van der Waals surface area contributed by atoms with Crippen molar-refractivity contribution in [1.82, 2.24) is 14.8 Å². The van der Waals surface area contributed by atoms with Gasteiger partial charge >= 0.3 is 0 Å². The molecular formula is C25H35N3O4. The number of amides is 2. The van der Waals surface area contributed by atoms with Gasteiger partial charge in [-0.2, -0.15) is 0 Å². The highest BCUT2D eigenvalue weighted by molar-refractivity contribution is 6.00. The van der Waals surface area contributed by atoms with Crippen LogP contribution >= 0.6 is 0 Å². The third kappa shape index (κ3) is 5.58. The molecule has 2 heterocycles. The smallest absolute Gasteiger partial charge is 0.268 e. The van der Waals surface area contributed by atoms with Crippen molar-refractivity contribution in [2.24, 2.45) is 0 Å². The van der Waals surface area contributed by atoms with E-state index in [1.54, 1.807) is 13.2 Å². The quantitative estimate of drug-likeness (QED) is 0.576. The Labute approximate surface area is 190 Å². The molecule has 1 aromatic heterocycles. The molecule has 1 aromatic carbocycles. The Morgan fingerprint density at radius 3 is 2.69 bits per heavy atom. The third-order valence-electron chi connectivity index (χ3n) is 5.92. The molecule has 0 unspecified atom stereocenters. The summed E-state index contributed by atoms with van der Waals surface area (Å²) in [5.41, 5.74) is 2.91. The first-order valence-corrected chi connectivity index (χ1v) is 11.5. The van der Waals surface area contributed by atoms with E-state index in [1.807, 2.05) is 39.8 Å². The van der Waals surface area contributed by atoms with Crippen LogP contribution in [0.2, 0.25) is 0 Å². The molecule has 7 nitrogen and oxygen atoms in total. The minimum absolute atomic E-state index is 0.0705. The maximum absolute atomic E-state index is 13.4. The van der Waals surface area contributed by atoms with Gasteiger partial charge in [0.25, 0.3) is 11.8 Å². The molecule has 0 radical (unpaired) electrons. The van der Waals surface area contributed by atoms with Crippen LogP contribution in [0.15, 0.2) is 36.4 Å². The lowest BCUT2D eigenvalue weighted by Crippen LogP contribution is -2.35. The van der Waals surface area contributed by atoms with Gasteiger partial charge in [-0.3, -0.25) is 9.59 Å². The predicted octanol–water partition coefficient (Wildman–Crippen LogP) is 3.79. The van der Waals surface area contributed by atoms with Crippen LogP contribution in [0.4, 0.5) is 0 Å². The molecule has 0 bridgehead atoms. The van der Waals surface area contributed by atoms with Crippen LogP contribution < -0.4 is 5.32 Å². The SMILES string of the molecule is CCCCN(CCOC)C(=O)c1cc(C(=O)N[C@H](CC)c2ccccc2)n2c1COCC2. The second kappa shape index (κ2) is 11.8. The number of carbonyl (C=O) groups excluding carboxylic acids is 2. The minimum Gasteiger partial charge on any atom is -0.383 e. The third-order valence-corrected chi connectivity index (χ3v) is 5.92. The summed E-state index contributed by atoms with van der Waals surface area (Å²) < 4.78 is 12.8. The summed E-state index contributed by atoms with van der Waals surface area (Å²) in [5, 5.41) is 3.15. The summed E-state index contributed by atoms with van der Waals surface area (Å²) in [5.74, 6) is -0.237. The zero-order valence-corrected chi connectivity index (χ0v) is 19.4. The van der Waals surface area contributed by atoms with E-state index in [1.165, 1.54) is 0 Å². The zero-order chi connectivity index (χ0) is 22.9.